The lowest BCUT2D eigenvalue weighted by Crippen LogP contribution is -2.48. The van der Waals surface area contributed by atoms with E-state index in [1.54, 1.807) is 46.0 Å². The molecule has 1 N–H and O–H groups in total. The summed E-state index contributed by atoms with van der Waals surface area (Å²) in [4.78, 5) is 24.0. The molecule has 200 valence electrons. The van der Waals surface area contributed by atoms with Crippen LogP contribution in [-0.2, 0) is 39.9 Å². The maximum atomic E-state index is 12.8. The highest BCUT2D eigenvalue weighted by molar-refractivity contribution is 5.87. The highest BCUT2D eigenvalue weighted by atomic mass is 19.4. The third-order valence-corrected chi connectivity index (χ3v) is 5.26. The van der Waals surface area contributed by atoms with Gasteiger partial charge in [-0.15, -0.1) is 0 Å². The third-order valence-electron chi connectivity index (χ3n) is 5.26. The maximum absolute atomic E-state index is 12.8. The first-order chi connectivity index (χ1) is 16.6. The lowest BCUT2D eigenvalue weighted by Gasteiger charge is -2.25. The second-order valence-corrected chi connectivity index (χ2v) is 10.1. The number of halogens is 3. The average Bonchev–Trinajstić information content (AvgIpc) is 3.21. The van der Waals surface area contributed by atoms with Gasteiger partial charge in [0.05, 0.1) is 6.61 Å². The van der Waals surface area contributed by atoms with Crippen molar-refractivity contribution < 1.29 is 46.4 Å². The van der Waals surface area contributed by atoms with Gasteiger partial charge in [-0.3, -0.25) is 4.79 Å². The lowest BCUT2D eigenvalue weighted by molar-refractivity contribution is -0.213. The first-order valence-corrected chi connectivity index (χ1v) is 11.6. The Labute approximate surface area is 208 Å². The number of carbonyl (C=O) groups excluding carboxylic acids is 2. The third kappa shape index (κ3) is 7.76. The van der Waals surface area contributed by atoms with Crippen LogP contribution in [0.1, 0.15) is 46.6 Å². The summed E-state index contributed by atoms with van der Waals surface area (Å²) in [7, 11) is 0. The fourth-order valence-corrected chi connectivity index (χ4v) is 3.79. The van der Waals surface area contributed by atoms with Gasteiger partial charge in [-0.2, -0.15) is 13.2 Å². The van der Waals surface area contributed by atoms with Crippen molar-refractivity contribution in [3.8, 4) is 0 Å². The zero-order valence-electron chi connectivity index (χ0n) is 20.8. The van der Waals surface area contributed by atoms with Crippen molar-refractivity contribution in [3.05, 3.63) is 48.0 Å². The van der Waals surface area contributed by atoms with E-state index in [-0.39, 0.29) is 13.0 Å². The highest BCUT2D eigenvalue weighted by Crippen LogP contribution is 2.39. The molecule has 0 aliphatic carbocycles. The summed E-state index contributed by atoms with van der Waals surface area (Å²) in [6, 6.07) is 7.92. The molecule has 0 radical (unpaired) electrons. The summed E-state index contributed by atoms with van der Waals surface area (Å²) < 4.78 is 67.4. The van der Waals surface area contributed by atoms with Gasteiger partial charge in [-0.1, -0.05) is 42.5 Å². The molecule has 1 amide bonds. The van der Waals surface area contributed by atoms with Crippen LogP contribution in [0, 0.1) is 0 Å². The van der Waals surface area contributed by atoms with Gasteiger partial charge < -0.3 is 29.0 Å². The number of fused-ring (bicyclic) bond motifs is 1. The van der Waals surface area contributed by atoms with Crippen molar-refractivity contribution in [3.63, 3.8) is 0 Å². The topological polar surface area (TPSA) is 92.3 Å². The van der Waals surface area contributed by atoms with Gasteiger partial charge in [-0.05, 0) is 46.6 Å². The van der Waals surface area contributed by atoms with Crippen molar-refractivity contribution in [1.82, 2.24) is 5.32 Å². The standard InChI is InChI=1S/C25H32F3NO7/c1-23(2,3)35-20(30)16(29-22(31)25(26,27)28)12-9-13-17-18(32-14-15-10-7-6-8-11-15)19-21(33-17)36-24(4,5)34-19/h6-11,13,16-19,21H,12,14H2,1-5H3,(H,29,31)/b13-9+/t16-,17-,18+,19-,21-/m1/s1. The number of esters is 1. The van der Waals surface area contributed by atoms with Crippen LogP contribution in [0.3, 0.4) is 0 Å². The summed E-state index contributed by atoms with van der Waals surface area (Å²) in [5.41, 5.74) is -0.0204. The SMILES string of the molecule is CC(C)(C)OC(=O)[C@@H](C/C=C/[C@H]1O[C@@H]2OC(C)(C)O[C@@H]2[C@H]1OCc1ccccc1)NC(=O)C(F)(F)F. The number of benzene rings is 1. The second kappa shape index (κ2) is 10.9. The molecule has 1 aromatic carbocycles. The molecule has 2 fully saturated rings. The fourth-order valence-electron chi connectivity index (χ4n) is 3.79. The van der Waals surface area contributed by atoms with Gasteiger partial charge in [0.25, 0.3) is 0 Å². The Balaban J connectivity index is 1.71. The van der Waals surface area contributed by atoms with Crippen LogP contribution in [0.25, 0.3) is 0 Å². The van der Waals surface area contributed by atoms with Crippen molar-refractivity contribution >= 4 is 11.9 Å². The Morgan fingerprint density at radius 3 is 2.42 bits per heavy atom. The van der Waals surface area contributed by atoms with Gasteiger partial charge >= 0.3 is 18.1 Å². The number of alkyl halides is 3. The van der Waals surface area contributed by atoms with Gasteiger partial charge in [0.2, 0.25) is 0 Å². The van der Waals surface area contributed by atoms with Crippen LogP contribution in [0.15, 0.2) is 42.5 Å². The van der Waals surface area contributed by atoms with Crippen molar-refractivity contribution in [2.24, 2.45) is 0 Å². The predicted molar refractivity (Wildman–Crippen MR) is 121 cm³/mol. The van der Waals surface area contributed by atoms with E-state index < -0.39 is 60.1 Å². The van der Waals surface area contributed by atoms with E-state index in [2.05, 4.69) is 0 Å². The molecule has 3 rings (SSSR count). The quantitative estimate of drug-likeness (QED) is 0.416. The zero-order chi connectivity index (χ0) is 26.7. The summed E-state index contributed by atoms with van der Waals surface area (Å²) >= 11 is 0. The van der Waals surface area contributed by atoms with E-state index in [1.165, 1.54) is 6.08 Å². The van der Waals surface area contributed by atoms with E-state index in [0.717, 1.165) is 5.56 Å². The largest absolute Gasteiger partial charge is 0.471 e. The Bertz CT molecular complexity index is 943. The number of carbonyl (C=O) groups is 2. The zero-order valence-corrected chi connectivity index (χ0v) is 20.8. The molecule has 2 heterocycles. The number of hydrogen-bond donors (Lipinski definition) is 1. The van der Waals surface area contributed by atoms with E-state index in [1.807, 2.05) is 30.3 Å². The molecule has 5 atom stereocenters. The van der Waals surface area contributed by atoms with Crippen LogP contribution in [0.4, 0.5) is 13.2 Å². The van der Waals surface area contributed by atoms with Crippen LogP contribution >= 0.6 is 0 Å². The Morgan fingerprint density at radius 2 is 1.81 bits per heavy atom. The molecule has 36 heavy (non-hydrogen) atoms. The number of nitrogens with one attached hydrogen (secondary N) is 1. The van der Waals surface area contributed by atoms with Gasteiger partial charge in [0, 0.05) is 0 Å². The van der Waals surface area contributed by atoms with E-state index in [9.17, 15) is 22.8 Å². The molecule has 1 aromatic rings. The molecule has 0 bridgehead atoms. The molecular weight excluding hydrogens is 483 g/mol. The average molecular weight is 516 g/mol. The van der Waals surface area contributed by atoms with Gasteiger partial charge in [0.1, 0.15) is 30.0 Å². The summed E-state index contributed by atoms with van der Waals surface area (Å²) in [5, 5.41) is 1.70. The first kappa shape index (κ1) is 28.1. The normalized spacial score (nSPS) is 26.6. The monoisotopic (exact) mass is 515 g/mol. The van der Waals surface area contributed by atoms with Crippen LogP contribution < -0.4 is 5.32 Å². The Kier molecular flexibility index (Phi) is 8.49. The first-order valence-electron chi connectivity index (χ1n) is 11.6. The number of rotatable bonds is 8. The number of hydrogen-bond acceptors (Lipinski definition) is 7. The van der Waals surface area contributed by atoms with E-state index in [0.29, 0.717) is 0 Å². The van der Waals surface area contributed by atoms with E-state index >= 15 is 0 Å². The molecule has 0 spiro atoms. The molecular formula is C25H32F3NO7. The molecule has 0 unspecified atom stereocenters. The van der Waals surface area contributed by atoms with Gasteiger partial charge in [0.15, 0.2) is 12.1 Å². The molecule has 2 aliphatic rings. The number of ether oxygens (including phenoxy) is 5. The van der Waals surface area contributed by atoms with Crippen molar-refractivity contribution in [2.75, 3.05) is 0 Å². The maximum Gasteiger partial charge on any atom is 0.471 e. The minimum atomic E-state index is -5.15. The Morgan fingerprint density at radius 1 is 1.14 bits per heavy atom. The predicted octanol–water partition coefficient (Wildman–Crippen LogP) is 3.78. The Hall–Kier alpha value is -2.47. The second-order valence-electron chi connectivity index (χ2n) is 10.1. The minimum absolute atomic E-state index is 0.259. The van der Waals surface area contributed by atoms with Crippen molar-refractivity contribution in [1.29, 1.82) is 0 Å². The smallest absolute Gasteiger partial charge is 0.458 e. The minimum Gasteiger partial charge on any atom is -0.458 e. The molecule has 8 nitrogen and oxygen atoms in total. The molecule has 0 aromatic heterocycles. The van der Waals surface area contributed by atoms with Crippen LogP contribution in [-0.4, -0.2) is 60.1 Å². The molecule has 2 saturated heterocycles. The highest BCUT2D eigenvalue weighted by Gasteiger charge is 2.54. The summed E-state index contributed by atoms with van der Waals surface area (Å²) in [5.74, 6) is -4.09. The molecule has 11 heteroatoms. The summed E-state index contributed by atoms with van der Waals surface area (Å²) in [6.45, 7) is 8.50. The molecule has 0 saturated carbocycles. The number of amides is 1. The van der Waals surface area contributed by atoms with Crippen LogP contribution in [0.2, 0.25) is 0 Å². The van der Waals surface area contributed by atoms with E-state index in [4.69, 9.17) is 23.7 Å². The lowest BCUT2D eigenvalue weighted by atomic mass is 10.1. The van der Waals surface area contributed by atoms with Crippen LogP contribution in [0.5, 0.6) is 0 Å². The van der Waals surface area contributed by atoms with Crippen molar-refractivity contribution in [2.45, 2.75) is 95.9 Å². The molecule has 2 aliphatic heterocycles. The summed E-state index contributed by atoms with van der Waals surface area (Å²) in [6.07, 6.45) is -4.90. The van der Waals surface area contributed by atoms with Gasteiger partial charge in [-0.25, -0.2) is 4.79 Å². The fraction of sp³-hybridized carbons (Fsp3) is 0.600.